The SMILES string of the molecule is CCOC(=O)c1ccc(N(Cc2ccc(Cl)cc2Cl)C(=O)COc2ccc([C@H](C)CC)cc2)cc1. The van der Waals surface area contributed by atoms with Gasteiger partial charge in [-0.15, -0.1) is 0 Å². The first-order chi connectivity index (χ1) is 16.8. The van der Waals surface area contributed by atoms with Gasteiger partial charge in [-0.25, -0.2) is 4.79 Å². The first-order valence-electron chi connectivity index (χ1n) is 11.6. The van der Waals surface area contributed by atoms with Crippen LogP contribution in [0.4, 0.5) is 5.69 Å². The second-order valence-corrected chi connectivity index (χ2v) is 8.99. The Balaban J connectivity index is 1.80. The average molecular weight is 514 g/mol. The van der Waals surface area contributed by atoms with Crippen molar-refractivity contribution < 1.29 is 19.1 Å². The number of ether oxygens (including phenoxy) is 2. The summed E-state index contributed by atoms with van der Waals surface area (Å²) in [6.07, 6.45) is 1.05. The molecular weight excluding hydrogens is 485 g/mol. The lowest BCUT2D eigenvalue weighted by molar-refractivity contribution is -0.120. The third-order valence-corrected chi connectivity index (χ3v) is 6.35. The van der Waals surface area contributed by atoms with Gasteiger partial charge in [-0.3, -0.25) is 4.79 Å². The Morgan fingerprint density at radius 3 is 2.23 bits per heavy atom. The van der Waals surface area contributed by atoms with Crippen molar-refractivity contribution in [2.24, 2.45) is 0 Å². The van der Waals surface area contributed by atoms with Crippen LogP contribution in [0.2, 0.25) is 10.0 Å². The van der Waals surface area contributed by atoms with Crippen molar-refractivity contribution in [3.05, 3.63) is 93.5 Å². The lowest BCUT2D eigenvalue weighted by Crippen LogP contribution is -2.34. The van der Waals surface area contributed by atoms with Gasteiger partial charge in [0.25, 0.3) is 5.91 Å². The Bertz CT molecular complexity index is 1150. The number of carbonyl (C=O) groups excluding carboxylic acids is 2. The third kappa shape index (κ3) is 7.23. The van der Waals surface area contributed by atoms with Gasteiger partial charge < -0.3 is 14.4 Å². The minimum Gasteiger partial charge on any atom is -0.484 e. The second kappa shape index (κ2) is 12.6. The predicted octanol–water partition coefficient (Wildman–Crippen LogP) is 7.30. The van der Waals surface area contributed by atoms with Gasteiger partial charge in [0.2, 0.25) is 0 Å². The normalized spacial score (nSPS) is 11.6. The molecule has 3 aromatic carbocycles. The molecule has 0 aliphatic heterocycles. The van der Waals surface area contributed by atoms with E-state index in [-0.39, 0.29) is 25.7 Å². The monoisotopic (exact) mass is 513 g/mol. The van der Waals surface area contributed by atoms with Gasteiger partial charge in [0.1, 0.15) is 5.75 Å². The summed E-state index contributed by atoms with van der Waals surface area (Å²) in [5.41, 5.74) is 2.97. The molecule has 5 nitrogen and oxygen atoms in total. The number of benzene rings is 3. The van der Waals surface area contributed by atoms with E-state index in [1.54, 1.807) is 54.3 Å². The first kappa shape index (κ1) is 26.6. The van der Waals surface area contributed by atoms with Gasteiger partial charge in [-0.05, 0) is 78.9 Å². The summed E-state index contributed by atoms with van der Waals surface area (Å²) in [4.78, 5) is 26.9. The smallest absolute Gasteiger partial charge is 0.338 e. The molecule has 0 aliphatic carbocycles. The lowest BCUT2D eigenvalue weighted by Gasteiger charge is -2.24. The van der Waals surface area contributed by atoms with E-state index in [1.807, 2.05) is 24.3 Å². The largest absolute Gasteiger partial charge is 0.484 e. The molecule has 0 aliphatic rings. The van der Waals surface area contributed by atoms with Crippen LogP contribution in [0, 0.1) is 0 Å². The zero-order valence-electron chi connectivity index (χ0n) is 20.1. The summed E-state index contributed by atoms with van der Waals surface area (Å²) in [6.45, 7) is 6.41. The summed E-state index contributed by atoms with van der Waals surface area (Å²) in [5.74, 6) is 0.406. The Labute approximate surface area is 216 Å². The minimum atomic E-state index is -0.415. The number of amides is 1. The van der Waals surface area contributed by atoms with Crippen molar-refractivity contribution in [1.82, 2.24) is 0 Å². The van der Waals surface area contributed by atoms with Crippen molar-refractivity contribution >= 4 is 40.8 Å². The van der Waals surface area contributed by atoms with Crippen molar-refractivity contribution in [3.63, 3.8) is 0 Å². The van der Waals surface area contributed by atoms with Crippen LogP contribution in [-0.2, 0) is 16.1 Å². The van der Waals surface area contributed by atoms with Gasteiger partial charge >= 0.3 is 5.97 Å². The topological polar surface area (TPSA) is 55.8 Å². The van der Waals surface area contributed by atoms with Crippen molar-refractivity contribution in [3.8, 4) is 5.75 Å². The molecule has 1 amide bonds. The molecule has 0 fully saturated rings. The Morgan fingerprint density at radius 2 is 1.63 bits per heavy atom. The molecule has 7 heteroatoms. The van der Waals surface area contributed by atoms with Gasteiger partial charge in [0.15, 0.2) is 6.61 Å². The van der Waals surface area contributed by atoms with Crippen LogP contribution in [0.15, 0.2) is 66.7 Å². The van der Waals surface area contributed by atoms with E-state index in [9.17, 15) is 9.59 Å². The van der Waals surface area contributed by atoms with Gasteiger partial charge in [0, 0.05) is 15.7 Å². The van der Waals surface area contributed by atoms with E-state index >= 15 is 0 Å². The van der Waals surface area contributed by atoms with Gasteiger partial charge in [0.05, 0.1) is 18.7 Å². The first-order valence-corrected chi connectivity index (χ1v) is 12.3. The van der Waals surface area contributed by atoms with Crippen LogP contribution in [0.3, 0.4) is 0 Å². The summed E-state index contributed by atoms with van der Waals surface area (Å²) >= 11 is 12.4. The van der Waals surface area contributed by atoms with Crippen LogP contribution < -0.4 is 9.64 Å². The Hall–Kier alpha value is -3.02. The van der Waals surface area contributed by atoms with Gasteiger partial charge in [-0.1, -0.05) is 55.2 Å². The van der Waals surface area contributed by atoms with E-state index in [0.29, 0.717) is 33.0 Å². The van der Waals surface area contributed by atoms with Crippen LogP contribution in [0.25, 0.3) is 0 Å². The van der Waals surface area contributed by atoms with E-state index in [4.69, 9.17) is 32.7 Å². The fourth-order valence-corrected chi connectivity index (χ4v) is 3.96. The predicted molar refractivity (Wildman–Crippen MR) is 141 cm³/mol. The molecule has 3 rings (SSSR count). The summed E-state index contributed by atoms with van der Waals surface area (Å²) < 4.78 is 10.8. The molecule has 184 valence electrons. The van der Waals surface area contributed by atoms with Crippen molar-refractivity contribution in [1.29, 1.82) is 0 Å². The maximum absolute atomic E-state index is 13.3. The number of carbonyl (C=O) groups is 2. The van der Waals surface area contributed by atoms with E-state index < -0.39 is 5.97 Å². The molecule has 0 spiro atoms. The fraction of sp³-hybridized carbons (Fsp3) is 0.286. The number of hydrogen-bond donors (Lipinski definition) is 0. The summed E-state index contributed by atoms with van der Waals surface area (Å²) in [5, 5.41) is 0.972. The molecule has 0 saturated carbocycles. The summed E-state index contributed by atoms with van der Waals surface area (Å²) in [7, 11) is 0. The maximum atomic E-state index is 13.3. The number of anilines is 1. The van der Waals surface area contributed by atoms with Crippen LogP contribution in [0.1, 0.15) is 54.6 Å². The quantitative estimate of drug-likeness (QED) is 0.267. The third-order valence-electron chi connectivity index (χ3n) is 5.76. The standard InChI is InChI=1S/C28H29Cl2NO4/c1-4-19(3)20-9-14-25(15-10-20)35-18-27(32)31(17-22-6-11-23(29)16-26(22)30)24-12-7-21(8-13-24)28(33)34-5-2/h6-16,19H,4-5,17-18H2,1-3H3/t19-/m1/s1. The number of esters is 1. The lowest BCUT2D eigenvalue weighted by atomic mass is 9.99. The molecule has 1 atom stereocenters. The van der Waals surface area contributed by atoms with E-state index in [0.717, 1.165) is 12.0 Å². The molecule has 3 aromatic rings. The second-order valence-electron chi connectivity index (χ2n) is 8.15. The zero-order valence-corrected chi connectivity index (χ0v) is 21.6. The van der Waals surface area contributed by atoms with E-state index in [1.165, 1.54) is 5.56 Å². The minimum absolute atomic E-state index is 0.159. The molecule has 0 unspecified atom stereocenters. The zero-order chi connectivity index (χ0) is 25.4. The highest BCUT2D eigenvalue weighted by Gasteiger charge is 2.19. The maximum Gasteiger partial charge on any atom is 0.338 e. The molecule has 0 aromatic heterocycles. The van der Waals surface area contributed by atoms with Crippen molar-refractivity contribution in [2.45, 2.75) is 39.7 Å². The Morgan fingerprint density at radius 1 is 0.943 bits per heavy atom. The highest BCUT2D eigenvalue weighted by molar-refractivity contribution is 6.35. The Kier molecular flexibility index (Phi) is 9.58. The molecule has 0 radical (unpaired) electrons. The fourth-order valence-electron chi connectivity index (χ4n) is 3.49. The number of halogens is 2. The van der Waals surface area contributed by atoms with Crippen molar-refractivity contribution in [2.75, 3.05) is 18.1 Å². The highest BCUT2D eigenvalue weighted by atomic mass is 35.5. The van der Waals surface area contributed by atoms with Gasteiger partial charge in [-0.2, -0.15) is 0 Å². The van der Waals surface area contributed by atoms with E-state index in [2.05, 4.69) is 13.8 Å². The molecule has 0 bridgehead atoms. The highest BCUT2D eigenvalue weighted by Crippen LogP contribution is 2.26. The summed E-state index contributed by atoms with van der Waals surface area (Å²) in [6, 6.07) is 19.6. The molecule has 0 saturated heterocycles. The van der Waals surface area contributed by atoms with Crippen LogP contribution in [0.5, 0.6) is 5.75 Å². The molecule has 0 heterocycles. The molecular formula is C28H29Cl2NO4. The molecule has 35 heavy (non-hydrogen) atoms. The van der Waals surface area contributed by atoms with Crippen LogP contribution in [-0.4, -0.2) is 25.1 Å². The average Bonchev–Trinajstić information content (AvgIpc) is 2.87. The molecule has 0 N–H and O–H groups in total. The number of hydrogen-bond acceptors (Lipinski definition) is 4. The number of nitrogens with zero attached hydrogens (tertiary/aromatic N) is 1. The van der Waals surface area contributed by atoms with Crippen LogP contribution >= 0.6 is 23.2 Å². The number of rotatable bonds is 10.